The van der Waals surface area contributed by atoms with E-state index in [0.29, 0.717) is 5.56 Å². The van der Waals surface area contributed by atoms with Gasteiger partial charge in [-0.05, 0) is 47.4 Å². The maximum atomic E-state index is 12.7. The first-order valence-corrected chi connectivity index (χ1v) is 10.1. The first kappa shape index (κ1) is 21.0. The topological polar surface area (TPSA) is 73.8 Å². The van der Waals surface area contributed by atoms with Crippen molar-refractivity contribution in [2.45, 2.75) is 0 Å². The number of hydrazone groups is 1. The monoisotopic (exact) mass is 418 g/mol. The van der Waals surface area contributed by atoms with Crippen LogP contribution in [0.2, 0.25) is 0 Å². The first-order valence-electron chi connectivity index (χ1n) is 9.25. The molecule has 0 saturated carbocycles. The van der Waals surface area contributed by atoms with Gasteiger partial charge in [-0.25, -0.2) is 5.43 Å². The van der Waals surface area contributed by atoms with Crippen molar-refractivity contribution >= 4 is 41.1 Å². The van der Waals surface area contributed by atoms with Crippen molar-refractivity contribution in [1.29, 1.82) is 0 Å². The van der Waals surface area contributed by atoms with Gasteiger partial charge in [0.05, 0.1) is 6.21 Å². The summed E-state index contributed by atoms with van der Waals surface area (Å²) in [6.07, 6.45) is 3.18. The third kappa shape index (κ3) is 5.89. The van der Waals surface area contributed by atoms with Gasteiger partial charge in [0.2, 0.25) is 0 Å². The molecule has 0 fully saturated rings. The van der Waals surface area contributed by atoms with Crippen molar-refractivity contribution < 1.29 is 9.59 Å². The highest BCUT2D eigenvalue weighted by molar-refractivity contribution is 7.10. The molecular weight excluding hydrogens is 396 g/mol. The summed E-state index contributed by atoms with van der Waals surface area (Å²) >= 11 is 1.47. The summed E-state index contributed by atoms with van der Waals surface area (Å²) < 4.78 is 0. The summed E-state index contributed by atoms with van der Waals surface area (Å²) in [5.41, 5.74) is 4.98. The predicted octanol–water partition coefficient (Wildman–Crippen LogP) is 3.74. The lowest BCUT2D eigenvalue weighted by Gasteiger charge is -2.11. The van der Waals surface area contributed by atoms with Gasteiger partial charge in [0.1, 0.15) is 5.70 Å². The highest BCUT2D eigenvalue weighted by Gasteiger charge is 2.14. The predicted molar refractivity (Wildman–Crippen MR) is 123 cm³/mol. The molecule has 7 heteroatoms. The zero-order chi connectivity index (χ0) is 21.3. The van der Waals surface area contributed by atoms with E-state index in [9.17, 15) is 9.59 Å². The standard InChI is InChI=1S/C23H22N4O2S/c1-27(2)19-12-10-17(11-13-19)16-24-26-23(29)21(15-20-9-6-14-30-20)25-22(28)18-7-4-3-5-8-18/h3-16H,1-2H3,(H,25,28)(H,26,29)/b21-15+,24-16-. The molecule has 0 saturated heterocycles. The van der Waals surface area contributed by atoms with Gasteiger partial charge in [-0.2, -0.15) is 5.10 Å². The minimum absolute atomic E-state index is 0.117. The van der Waals surface area contributed by atoms with E-state index in [0.717, 1.165) is 16.1 Å². The molecule has 152 valence electrons. The largest absolute Gasteiger partial charge is 0.378 e. The SMILES string of the molecule is CN(C)c1ccc(/C=N\NC(=O)/C(=C\c2cccs2)NC(=O)c2ccccc2)cc1. The van der Waals surface area contributed by atoms with Crippen molar-refractivity contribution in [3.8, 4) is 0 Å². The number of carbonyl (C=O) groups excluding carboxylic acids is 2. The number of benzene rings is 2. The lowest BCUT2D eigenvalue weighted by atomic mass is 10.2. The molecule has 1 heterocycles. The number of nitrogens with zero attached hydrogens (tertiary/aromatic N) is 2. The van der Waals surface area contributed by atoms with Gasteiger partial charge in [0, 0.05) is 30.2 Å². The Hall–Kier alpha value is -3.71. The lowest BCUT2D eigenvalue weighted by molar-refractivity contribution is -0.117. The number of amides is 2. The van der Waals surface area contributed by atoms with E-state index in [2.05, 4.69) is 15.8 Å². The van der Waals surface area contributed by atoms with Crippen LogP contribution in [-0.4, -0.2) is 32.1 Å². The van der Waals surface area contributed by atoms with E-state index >= 15 is 0 Å². The second kappa shape index (κ2) is 10.2. The van der Waals surface area contributed by atoms with Crippen molar-refractivity contribution in [3.05, 3.63) is 93.8 Å². The molecular formula is C23H22N4O2S. The van der Waals surface area contributed by atoms with Crippen molar-refractivity contribution in [2.75, 3.05) is 19.0 Å². The molecule has 0 radical (unpaired) electrons. The third-order valence-electron chi connectivity index (χ3n) is 4.15. The van der Waals surface area contributed by atoms with Gasteiger partial charge in [-0.3, -0.25) is 9.59 Å². The number of hydrogen-bond donors (Lipinski definition) is 2. The van der Waals surface area contributed by atoms with Crippen molar-refractivity contribution in [2.24, 2.45) is 5.10 Å². The molecule has 2 aromatic carbocycles. The summed E-state index contributed by atoms with van der Waals surface area (Å²) in [6.45, 7) is 0. The molecule has 0 aliphatic rings. The van der Waals surface area contributed by atoms with E-state index in [-0.39, 0.29) is 11.6 Å². The zero-order valence-electron chi connectivity index (χ0n) is 16.7. The fourth-order valence-corrected chi connectivity index (χ4v) is 3.20. The Morgan fingerprint density at radius 2 is 1.70 bits per heavy atom. The average Bonchev–Trinajstić information content (AvgIpc) is 3.27. The summed E-state index contributed by atoms with van der Waals surface area (Å²) in [5, 5.41) is 8.60. The fourth-order valence-electron chi connectivity index (χ4n) is 2.54. The maximum Gasteiger partial charge on any atom is 0.287 e. The molecule has 3 aromatic rings. The highest BCUT2D eigenvalue weighted by atomic mass is 32.1. The molecule has 0 aliphatic heterocycles. The quantitative estimate of drug-likeness (QED) is 0.349. The third-order valence-corrected chi connectivity index (χ3v) is 4.97. The van der Waals surface area contributed by atoms with Crippen LogP contribution in [0.3, 0.4) is 0 Å². The van der Waals surface area contributed by atoms with Crippen LogP contribution in [0.25, 0.3) is 6.08 Å². The Balaban J connectivity index is 1.71. The van der Waals surface area contributed by atoms with E-state index in [4.69, 9.17) is 0 Å². The molecule has 30 heavy (non-hydrogen) atoms. The average molecular weight is 419 g/mol. The number of rotatable bonds is 7. The molecule has 0 unspecified atom stereocenters. The number of hydrogen-bond acceptors (Lipinski definition) is 5. The molecule has 0 aliphatic carbocycles. The Kier molecular flexibility index (Phi) is 7.13. The molecule has 2 N–H and O–H groups in total. The second-order valence-electron chi connectivity index (χ2n) is 6.58. The fraction of sp³-hybridized carbons (Fsp3) is 0.0870. The van der Waals surface area contributed by atoms with Crippen LogP contribution in [0, 0.1) is 0 Å². The Bertz CT molecular complexity index is 1040. The van der Waals surface area contributed by atoms with Crippen molar-refractivity contribution in [3.63, 3.8) is 0 Å². The molecule has 1 aromatic heterocycles. The molecule has 3 rings (SSSR count). The molecule has 6 nitrogen and oxygen atoms in total. The summed E-state index contributed by atoms with van der Waals surface area (Å²) in [7, 11) is 3.93. The number of carbonyl (C=O) groups is 2. The van der Waals surface area contributed by atoms with Gasteiger partial charge in [-0.1, -0.05) is 36.4 Å². The van der Waals surface area contributed by atoms with Crippen LogP contribution >= 0.6 is 11.3 Å². The van der Waals surface area contributed by atoms with Crippen molar-refractivity contribution in [1.82, 2.24) is 10.7 Å². The van der Waals surface area contributed by atoms with E-state index < -0.39 is 5.91 Å². The molecule has 0 spiro atoms. The van der Waals surface area contributed by atoms with Gasteiger partial charge in [0.25, 0.3) is 11.8 Å². The lowest BCUT2D eigenvalue weighted by Crippen LogP contribution is -2.32. The van der Waals surface area contributed by atoms with E-state index in [1.165, 1.54) is 11.3 Å². The Morgan fingerprint density at radius 1 is 0.967 bits per heavy atom. The summed E-state index contributed by atoms with van der Waals surface area (Å²) in [5.74, 6) is -0.870. The van der Waals surface area contributed by atoms with Gasteiger partial charge >= 0.3 is 0 Å². The minimum atomic E-state index is -0.506. The van der Waals surface area contributed by atoms with E-state index in [1.807, 2.05) is 66.8 Å². The second-order valence-corrected chi connectivity index (χ2v) is 7.56. The zero-order valence-corrected chi connectivity index (χ0v) is 17.5. The minimum Gasteiger partial charge on any atom is -0.378 e. The van der Waals surface area contributed by atoms with Crippen LogP contribution in [0.1, 0.15) is 20.8 Å². The maximum absolute atomic E-state index is 12.7. The van der Waals surface area contributed by atoms with Gasteiger partial charge in [-0.15, -0.1) is 11.3 Å². The number of nitrogens with one attached hydrogen (secondary N) is 2. The summed E-state index contributed by atoms with van der Waals surface area (Å²) in [4.78, 5) is 28.0. The Labute approximate surface area is 179 Å². The molecule has 0 atom stereocenters. The van der Waals surface area contributed by atoms with Crippen LogP contribution in [-0.2, 0) is 4.79 Å². The number of anilines is 1. The normalized spacial score (nSPS) is 11.3. The van der Waals surface area contributed by atoms with E-state index in [1.54, 1.807) is 36.6 Å². The van der Waals surface area contributed by atoms with Crippen LogP contribution in [0.4, 0.5) is 5.69 Å². The Morgan fingerprint density at radius 3 is 2.33 bits per heavy atom. The molecule has 0 bridgehead atoms. The highest BCUT2D eigenvalue weighted by Crippen LogP contribution is 2.13. The van der Waals surface area contributed by atoms with Crippen LogP contribution in [0.15, 0.2) is 82.9 Å². The van der Waals surface area contributed by atoms with Crippen LogP contribution in [0.5, 0.6) is 0 Å². The van der Waals surface area contributed by atoms with Gasteiger partial charge < -0.3 is 10.2 Å². The van der Waals surface area contributed by atoms with Crippen LogP contribution < -0.4 is 15.6 Å². The first-order chi connectivity index (χ1) is 14.5. The molecule has 2 amide bonds. The smallest absolute Gasteiger partial charge is 0.287 e. The van der Waals surface area contributed by atoms with Gasteiger partial charge in [0.15, 0.2) is 0 Å². The summed E-state index contributed by atoms with van der Waals surface area (Å²) in [6, 6.07) is 20.2. The number of thiophene rings is 1.